The third-order valence-electron chi connectivity index (χ3n) is 7.40. The molecular formula is C30H42O6Si. The van der Waals surface area contributed by atoms with E-state index < -0.39 is 38.5 Å². The Hall–Kier alpha value is -1.87. The number of Topliss-reactive ketones (excluding diaryl/α,β-unsaturated/α-hetero) is 1. The summed E-state index contributed by atoms with van der Waals surface area (Å²) in [4.78, 5) is 13.6. The fourth-order valence-electron chi connectivity index (χ4n) is 5.80. The molecule has 7 heteroatoms. The second-order valence-corrected chi connectivity index (χ2v) is 15.8. The SMILES string of the molecule is CCOC(C)OCC1C(=O)CC(O[Si](c2ccccc2)(c2ccccc2)C(C)(C)C)C2OC(C)(C)OC12. The lowest BCUT2D eigenvalue weighted by Gasteiger charge is -2.47. The zero-order chi connectivity index (χ0) is 26.8. The lowest BCUT2D eigenvalue weighted by Crippen LogP contribution is -2.69. The van der Waals surface area contributed by atoms with Crippen LogP contribution in [0, 0.1) is 5.92 Å². The van der Waals surface area contributed by atoms with E-state index in [9.17, 15) is 4.79 Å². The molecule has 1 saturated carbocycles. The molecule has 0 amide bonds. The van der Waals surface area contributed by atoms with Gasteiger partial charge in [0, 0.05) is 13.0 Å². The van der Waals surface area contributed by atoms with Crippen molar-refractivity contribution in [1.82, 2.24) is 0 Å². The van der Waals surface area contributed by atoms with Gasteiger partial charge < -0.3 is 23.4 Å². The Bertz CT molecular complexity index is 996. The van der Waals surface area contributed by atoms with Gasteiger partial charge >= 0.3 is 0 Å². The molecule has 1 heterocycles. The molecule has 202 valence electrons. The van der Waals surface area contributed by atoms with Gasteiger partial charge in [-0.3, -0.25) is 4.79 Å². The van der Waals surface area contributed by atoms with Gasteiger partial charge in [0.1, 0.15) is 18.0 Å². The Kier molecular flexibility index (Phi) is 8.43. The number of fused-ring (bicyclic) bond motifs is 1. The summed E-state index contributed by atoms with van der Waals surface area (Å²) in [6, 6.07) is 21.0. The second kappa shape index (κ2) is 11.1. The summed E-state index contributed by atoms with van der Waals surface area (Å²) in [7, 11) is -2.88. The van der Waals surface area contributed by atoms with Crippen molar-refractivity contribution in [3.63, 3.8) is 0 Å². The topological polar surface area (TPSA) is 63.2 Å². The minimum Gasteiger partial charge on any atom is -0.401 e. The van der Waals surface area contributed by atoms with Crippen molar-refractivity contribution in [2.24, 2.45) is 5.92 Å². The first kappa shape index (κ1) is 28.1. The van der Waals surface area contributed by atoms with Crippen LogP contribution in [0.25, 0.3) is 0 Å². The largest absolute Gasteiger partial charge is 0.401 e. The highest BCUT2D eigenvalue weighted by Crippen LogP contribution is 2.44. The van der Waals surface area contributed by atoms with Gasteiger partial charge in [-0.1, -0.05) is 81.4 Å². The maximum Gasteiger partial charge on any atom is 0.261 e. The highest BCUT2D eigenvalue weighted by atomic mass is 28.4. The van der Waals surface area contributed by atoms with Crippen LogP contribution >= 0.6 is 0 Å². The molecule has 0 radical (unpaired) electrons. The molecule has 1 aliphatic heterocycles. The average Bonchev–Trinajstić information content (AvgIpc) is 3.17. The number of carbonyl (C=O) groups is 1. The molecule has 6 nitrogen and oxygen atoms in total. The van der Waals surface area contributed by atoms with Crippen molar-refractivity contribution in [2.75, 3.05) is 13.2 Å². The zero-order valence-corrected chi connectivity index (χ0v) is 24.2. The lowest BCUT2D eigenvalue weighted by atomic mass is 9.82. The molecule has 2 aliphatic rings. The number of hydrogen-bond donors (Lipinski definition) is 0. The molecule has 2 aromatic carbocycles. The first-order chi connectivity index (χ1) is 17.5. The van der Waals surface area contributed by atoms with Crippen molar-refractivity contribution in [3.05, 3.63) is 60.7 Å². The van der Waals surface area contributed by atoms with Crippen molar-refractivity contribution < 1.29 is 28.2 Å². The van der Waals surface area contributed by atoms with Crippen LogP contribution in [0.4, 0.5) is 0 Å². The molecule has 37 heavy (non-hydrogen) atoms. The van der Waals surface area contributed by atoms with E-state index in [0.29, 0.717) is 6.61 Å². The van der Waals surface area contributed by atoms with E-state index in [-0.39, 0.29) is 30.0 Å². The van der Waals surface area contributed by atoms with Crippen LogP contribution in [0.5, 0.6) is 0 Å². The number of carbonyl (C=O) groups excluding carboxylic acids is 1. The van der Waals surface area contributed by atoms with E-state index in [4.69, 9.17) is 23.4 Å². The predicted molar refractivity (Wildman–Crippen MR) is 146 cm³/mol. The molecule has 0 N–H and O–H groups in total. The van der Waals surface area contributed by atoms with Crippen molar-refractivity contribution >= 4 is 24.5 Å². The standard InChI is InChI=1S/C30H42O6Si/c1-8-32-21(2)33-20-24-25(31)19-26(28-27(24)34-30(6,7)35-28)36-37(29(3,4)5,22-15-11-9-12-16-22)23-17-13-10-14-18-23/h9-18,21,24,26-28H,8,19-20H2,1-7H3. The number of hydrogen-bond acceptors (Lipinski definition) is 6. The zero-order valence-electron chi connectivity index (χ0n) is 23.2. The Morgan fingerprint density at radius 3 is 2.00 bits per heavy atom. The van der Waals surface area contributed by atoms with Gasteiger partial charge in [0.2, 0.25) is 0 Å². The Morgan fingerprint density at radius 2 is 1.49 bits per heavy atom. The molecule has 2 aromatic rings. The van der Waals surface area contributed by atoms with Crippen molar-refractivity contribution in [2.45, 2.75) is 90.3 Å². The monoisotopic (exact) mass is 526 g/mol. The van der Waals surface area contributed by atoms with Gasteiger partial charge in [0.25, 0.3) is 8.32 Å². The lowest BCUT2D eigenvalue weighted by molar-refractivity contribution is -0.167. The molecule has 1 aliphatic carbocycles. The Morgan fingerprint density at radius 1 is 0.946 bits per heavy atom. The molecule has 5 atom stereocenters. The minimum absolute atomic E-state index is 0.0779. The summed E-state index contributed by atoms with van der Waals surface area (Å²) in [5, 5.41) is 2.13. The molecule has 4 rings (SSSR count). The van der Waals surface area contributed by atoms with E-state index in [1.54, 1.807) is 0 Å². The van der Waals surface area contributed by atoms with Gasteiger partial charge in [0.15, 0.2) is 12.1 Å². The third kappa shape index (κ3) is 5.77. The quantitative estimate of drug-likeness (QED) is 0.356. The van der Waals surface area contributed by atoms with E-state index in [0.717, 1.165) is 0 Å². The van der Waals surface area contributed by atoms with E-state index in [1.165, 1.54) is 10.4 Å². The molecule has 0 aromatic heterocycles. The molecule has 0 bridgehead atoms. The summed E-state index contributed by atoms with van der Waals surface area (Å²) < 4.78 is 31.6. The molecule has 2 fully saturated rings. The number of rotatable bonds is 9. The number of ether oxygens (including phenoxy) is 4. The molecule has 5 unspecified atom stereocenters. The van der Waals surface area contributed by atoms with Crippen LogP contribution < -0.4 is 10.4 Å². The van der Waals surface area contributed by atoms with Gasteiger partial charge in [-0.15, -0.1) is 0 Å². The minimum atomic E-state index is -2.88. The Labute approximate surface area is 222 Å². The van der Waals surface area contributed by atoms with Crippen LogP contribution in [-0.4, -0.2) is 57.7 Å². The summed E-state index contributed by atoms with van der Waals surface area (Å²) in [6.07, 6.45) is -1.41. The second-order valence-electron chi connectivity index (χ2n) is 11.5. The van der Waals surface area contributed by atoms with Crippen LogP contribution in [-0.2, 0) is 28.2 Å². The number of benzene rings is 2. The van der Waals surface area contributed by atoms with Crippen LogP contribution in [0.1, 0.15) is 54.9 Å². The Balaban J connectivity index is 1.72. The van der Waals surface area contributed by atoms with Gasteiger partial charge in [-0.2, -0.15) is 0 Å². The normalized spacial score (nSPS) is 26.6. The van der Waals surface area contributed by atoms with Crippen molar-refractivity contribution in [1.29, 1.82) is 0 Å². The van der Waals surface area contributed by atoms with E-state index in [2.05, 4.69) is 69.3 Å². The van der Waals surface area contributed by atoms with Gasteiger partial charge in [-0.05, 0) is 43.1 Å². The van der Waals surface area contributed by atoms with Gasteiger partial charge in [-0.25, -0.2) is 0 Å². The van der Waals surface area contributed by atoms with Crippen LogP contribution in [0.2, 0.25) is 5.04 Å². The van der Waals surface area contributed by atoms with Crippen LogP contribution in [0.15, 0.2) is 60.7 Å². The number of ketones is 1. The third-order valence-corrected chi connectivity index (χ3v) is 12.5. The van der Waals surface area contributed by atoms with E-state index in [1.807, 2.05) is 39.8 Å². The highest BCUT2D eigenvalue weighted by molar-refractivity contribution is 6.99. The van der Waals surface area contributed by atoms with E-state index >= 15 is 0 Å². The summed E-state index contributed by atoms with van der Waals surface area (Å²) >= 11 is 0. The fourth-order valence-corrected chi connectivity index (χ4v) is 10.5. The van der Waals surface area contributed by atoms with Gasteiger partial charge in [0.05, 0.1) is 18.6 Å². The average molecular weight is 527 g/mol. The maximum absolute atomic E-state index is 13.6. The fraction of sp³-hybridized carbons (Fsp3) is 0.567. The highest BCUT2D eigenvalue weighted by Gasteiger charge is 2.59. The summed E-state index contributed by atoms with van der Waals surface area (Å²) in [5.74, 6) is -1.18. The molecular weight excluding hydrogens is 484 g/mol. The first-order valence-electron chi connectivity index (χ1n) is 13.4. The van der Waals surface area contributed by atoms with Crippen LogP contribution in [0.3, 0.4) is 0 Å². The molecule has 0 spiro atoms. The van der Waals surface area contributed by atoms with Crippen molar-refractivity contribution in [3.8, 4) is 0 Å². The first-order valence-corrected chi connectivity index (χ1v) is 15.3. The maximum atomic E-state index is 13.6. The predicted octanol–water partition coefficient (Wildman–Crippen LogP) is 4.44. The molecule has 1 saturated heterocycles. The summed E-state index contributed by atoms with van der Waals surface area (Å²) in [6.45, 7) is 15.1. The summed E-state index contributed by atoms with van der Waals surface area (Å²) in [5.41, 5.74) is 0. The smallest absolute Gasteiger partial charge is 0.261 e.